The van der Waals surface area contributed by atoms with E-state index in [1.165, 1.54) is 0 Å². The summed E-state index contributed by atoms with van der Waals surface area (Å²) in [4.78, 5) is 14.7. The van der Waals surface area contributed by atoms with E-state index in [1.807, 2.05) is 66.4 Å². The van der Waals surface area contributed by atoms with E-state index in [1.54, 1.807) is 0 Å². The predicted molar refractivity (Wildman–Crippen MR) is 95.3 cm³/mol. The molecular weight excluding hydrogens is 300 g/mol. The van der Waals surface area contributed by atoms with Crippen molar-refractivity contribution in [2.75, 3.05) is 6.54 Å². The summed E-state index contributed by atoms with van der Waals surface area (Å²) in [6, 6.07) is 17.1. The second-order valence-electron chi connectivity index (χ2n) is 6.36. The Bertz CT molecular complexity index is 668. The Morgan fingerprint density at radius 3 is 2.42 bits per heavy atom. The molecule has 1 aliphatic heterocycles. The molecule has 4 heteroatoms. The Hall–Kier alpha value is -2.33. The summed E-state index contributed by atoms with van der Waals surface area (Å²) < 4.78 is 5.77. The van der Waals surface area contributed by atoms with E-state index in [4.69, 9.17) is 10.5 Å². The van der Waals surface area contributed by atoms with Crippen LogP contribution in [0.4, 0.5) is 0 Å². The minimum Gasteiger partial charge on any atom is -0.457 e. The zero-order valence-corrected chi connectivity index (χ0v) is 14.0. The first-order valence-corrected chi connectivity index (χ1v) is 8.54. The molecule has 1 saturated heterocycles. The summed E-state index contributed by atoms with van der Waals surface area (Å²) in [6.07, 6.45) is 3.17. The van der Waals surface area contributed by atoms with Crippen LogP contribution >= 0.6 is 0 Å². The first-order chi connectivity index (χ1) is 11.6. The van der Waals surface area contributed by atoms with Crippen LogP contribution in [-0.4, -0.2) is 29.4 Å². The van der Waals surface area contributed by atoms with Crippen molar-refractivity contribution in [3.63, 3.8) is 0 Å². The van der Waals surface area contributed by atoms with E-state index in [0.29, 0.717) is 5.56 Å². The Balaban J connectivity index is 1.71. The highest BCUT2D eigenvalue weighted by Gasteiger charge is 2.29. The van der Waals surface area contributed by atoms with Crippen LogP contribution in [0.5, 0.6) is 11.5 Å². The molecule has 2 aromatic carbocycles. The van der Waals surface area contributed by atoms with Gasteiger partial charge in [-0.1, -0.05) is 18.2 Å². The predicted octanol–water partition coefficient (Wildman–Crippen LogP) is 3.82. The smallest absolute Gasteiger partial charge is 0.254 e. The molecule has 0 spiro atoms. The molecular formula is C20H24N2O2. The van der Waals surface area contributed by atoms with Crippen molar-refractivity contribution in [2.24, 2.45) is 5.73 Å². The third-order valence-electron chi connectivity index (χ3n) is 4.50. The average Bonchev–Trinajstić information content (AvgIpc) is 2.62. The fourth-order valence-electron chi connectivity index (χ4n) is 3.21. The molecule has 126 valence electrons. The lowest BCUT2D eigenvalue weighted by Gasteiger charge is -2.38. The van der Waals surface area contributed by atoms with Crippen LogP contribution in [0.25, 0.3) is 0 Å². The zero-order chi connectivity index (χ0) is 16.9. The highest BCUT2D eigenvalue weighted by atomic mass is 16.5. The maximum absolute atomic E-state index is 12.8. The number of likely N-dealkylation sites (tertiary alicyclic amines) is 1. The highest BCUT2D eigenvalue weighted by molar-refractivity contribution is 5.94. The Labute approximate surface area is 143 Å². The number of benzene rings is 2. The molecule has 0 aromatic heterocycles. The van der Waals surface area contributed by atoms with Crippen LogP contribution in [0.1, 0.15) is 36.5 Å². The van der Waals surface area contributed by atoms with Gasteiger partial charge in [0.15, 0.2) is 0 Å². The maximum Gasteiger partial charge on any atom is 0.254 e. The van der Waals surface area contributed by atoms with Gasteiger partial charge in [-0.3, -0.25) is 4.79 Å². The van der Waals surface area contributed by atoms with Crippen LogP contribution in [0, 0.1) is 0 Å². The van der Waals surface area contributed by atoms with E-state index in [-0.39, 0.29) is 18.0 Å². The lowest BCUT2D eigenvalue weighted by Crippen LogP contribution is -2.51. The van der Waals surface area contributed by atoms with Crippen molar-refractivity contribution in [3.8, 4) is 11.5 Å². The standard InChI is InChI=1S/C20H24N2O2/c1-15(21)19-9-5-6-14-22(19)20(23)16-10-12-18(13-11-16)24-17-7-3-2-4-8-17/h2-4,7-8,10-13,15,19H,5-6,9,14,21H2,1H3. The lowest BCUT2D eigenvalue weighted by atomic mass is 9.96. The molecule has 2 atom stereocenters. The zero-order valence-electron chi connectivity index (χ0n) is 14.0. The molecule has 0 radical (unpaired) electrons. The third-order valence-corrected chi connectivity index (χ3v) is 4.50. The van der Waals surface area contributed by atoms with E-state index >= 15 is 0 Å². The number of rotatable bonds is 4. The summed E-state index contributed by atoms with van der Waals surface area (Å²) in [5, 5.41) is 0. The summed E-state index contributed by atoms with van der Waals surface area (Å²) in [7, 11) is 0. The van der Waals surface area contributed by atoms with Gasteiger partial charge in [-0.25, -0.2) is 0 Å². The maximum atomic E-state index is 12.8. The topological polar surface area (TPSA) is 55.6 Å². The number of piperidine rings is 1. The Morgan fingerprint density at radius 1 is 1.08 bits per heavy atom. The molecule has 1 amide bonds. The number of amides is 1. The van der Waals surface area contributed by atoms with Crippen LogP contribution < -0.4 is 10.5 Å². The van der Waals surface area contributed by atoms with Crippen molar-refractivity contribution in [1.29, 1.82) is 0 Å². The molecule has 1 heterocycles. The van der Waals surface area contributed by atoms with E-state index in [9.17, 15) is 4.79 Å². The normalized spacial score (nSPS) is 18.9. The quantitative estimate of drug-likeness (QED) is 0.930. The van der Waals surface area contributed by atoms with Crippen molar-refractivity contribution in [3.05, 3.63) is 60.2 Å². The fraction of sp³-hybridized carbons (Fsp3) is 0.350. The SMILES string of the molecule is CC(N)C1CCCCN1C(=O)c1ccc(Oc2ccccc2)cc1. The first-order valence-electron chi connectivity index (χ1n) is 8.54. The van der Waals surface area contributed by atoms with Crippen molar-refractivity contribution in [2.45, 2.75) is 38.3 Å². The average molecular weight is 324 g/mol. The molecule has 2 N–H and O–H groups in total. The van der Waals surface area contributed by atoms with E-state index < -0.39 is 0 Å². The van der Waals surface area contributed by atoms with Gasteiger partial charge in [0.25, 0.3) is 5.91 Å². The van der Waals surface area contributed by atoms with Gasteiger partial charge in [0.2, 0.25) is 0 Å². The van der Waals surface area contributed by atoms with Crippen LogP contribution in [0.15, 0.2) is 54.6 Å². The molecule has 2 aromatic rings. The summed E-state index contributed by atoms with van der Waals surface area (Å²) in [6.45, 7) is 2.76. The molecule has 2 unspecified atom stereocenters. The second kappa shape index (κ2) is 7.49. The number of nitrogens with zero attached hydrogens (tertiary/aromatic N) is 1. The van der Waals surface area contributed by atoms with E-state index in [0.717, 1.165) is 37.3 Å². The molecule has 24 heavy (non-hydrogen) atoms. The first kappa shape index (κ1) is 16.5. The molecule has 1 aliphatic rings. The lowest BCUT2D eigenvalue weighted by molar-refractivity contribution is 0.0584. The number of para-hydroxylation sites is 1. The number of hydrogen-bond acceptors (Lipinski definition) is 3. The van der Waals surface area contributed by atoms with Crippen LogP contribution in [-0.2, 0) is 0 Å². The molecule has 0 aliphatic carbocycles. The Morgan fingerprint density at radius 2 is 1.75 bits per heavy atom. The number of ether oxygens (including phenoxy) is 1. The second-order valence-corrected chi connectivity index (χ2v) is 6.36. The fourth-order valence-corrected chi connectivity index (χ4v) is 3.21. The number of nitrogens with two attached hydrogens (primary N) is 1. The van der Waals surface area contributed by atoms with Gasteiger partial charge >= 0.3 is 0 Å². The summed E-state index contributed by atoms with van der Waals surface area (Å²) >= 11 is 0. The van der Waals surface area contributed by atoms with Crippen LogP contribution in [0.2, 0.25) is 0 Å². The number of carbonyl (C=O) groups is 1. The molecule has 1 fully saturated rings. The van der Waals surface area contributed by atoms with Crippen LogP contribution in [0.3, 0.4) is 0 Å². The van der Waals surface area contributed by atoms with Crippen molar-refractivity contribution >= 4 is 5.91 Å². The molecule has 0 bridgehead atoms. The largest absolute Gasteiger partial charge is 0.457 e. The van der Waals surface area contributed by atoms with Gasteiger partial charge in [0.05, 0.1) is 0 Å². The molecule has 0 saturated carbocycles. The monoisotopic (exact) mass is 324 g/mol. The van der Waals surface area contributed by atoms with Gasteiger partial charge in [-0.2, -0.15) is 0 Å². The summed E-state index contributed by atoms with van der Waals surface area (Å²) in [5.41, 5.74) is 6.75. The molecule has 3 rings (SSSR count). The Kier molecular flexibility index (Phi) is 5.16. The van der Waals surface area contributed by atoms with Gasteiger partial charge in [-0.05, 0) is 62.6 Å². The number of carbonyl (C=O) groups excluding carboxylic acids is 1. The highest BCUT2D eigenvalue weighted by Crippen LogP contribution is 2.24. The van der Waals surface area contributed by atoms with Crippen molar-refractivity contribution < 1.29 is 9.53 Å². The van der Waals surface area contributed by atoms with Gasteiger partial charge in [0.1, 0.15) is 11.5 Å². The minimum absolute atomic E-state index is 0.00469. The van der Waals surface area contributed by atoms with Gasteiger partial charge in [-0.15, -0.1) is 0 Å². The third kappa shape index (κ3) is 3.77. The van der Waals surface area contributed by atoms with Gasteiger partial charge < -0.3 is 15.4 Å². The summed E-state index contributed by atoms with van der Waals surface area (Å²) in [5.74, 6) is 1.56. The molecule has 4 nitrogen and oxygen atoms in total. The number of hydrogen-bond donors (Lipinski definition) is 1. The van der Waals surface area contributed by atoms with Gasteiger partial charge in [0, 0.05) is 24.2 Å². The van der Waals surface area contributed by atoms with E-state index in [2.05, 4.69) is 0 Å². The van der Waals surface area contributed by atoms with Crippen molar-refractivity contribution in [1.82, 2.24) is 4.90 Å². The minimum atomic E-state index is -0.00469.